The Kier molecular flexibility index (Phi) is 16.0. The van der Waals surface area contributed by atoms with Gasteiger partial charge in [0.15, 0.2) is 0 Å². The molecule has 148 valence electrons. The number of hydrogen-bond donors (Lipinski definition) is 1. The molecule has 0 aromatic carbocycles. The Morgan fingerprint density at radius 1 is 0.800 bits per heavy atom. The largest absolute Gasteiger partial charge is 0.271 e. The molecule has 4 nitrogen and oxygen atoms in total. The van der Waals surface area contributed by atoms with E-state index in [0.717, 1.165) is 32.2 Å². The van der Waals surface area contributed by atoms with E-state index in [1.807, 2.05) is 24.2 Å². The molecule has 0 spiro atoms. The van der Waals surface area contributed by atoms with Crippen molar-refractivity contribution in [3.63, 3.8) is 0 Å². The van der Waals surface area contributed by atoms with Gasteiger partial charge in [0.1, 0.15) is 0 Å². The number of nitrogens with zero attached hydrogens (tertiary/aromatic N) is 2. The predicted octanol–water partition coefficient (Wildman–Crippen LogP) is 5.46. The quantitative estimate of drug-likeness (QED) is 0.214. The summed E-state index contributed by atoms with van der Waals surface area (Å²) in [6.07, 6.45) is 16.1. The van der Waals surface area contributed by atoms with Crippen molar-refractivity contribution < 1.29 is 4.79 Å². The van der Waals surface area contributed by atoms with Crippen molar-refractivity contribution in [1.29, 1.82) is 0 Å². The van der Waals surface area contributed by atoms with E-state index in [4.69, 9.17) is 0 Å². The summed E-state index contributed by atoms with van der Waals surface area (Å²) in [6.45, 7) is 9.15. The molecule has 0 rings (SSSR count). The number of nitrogens with one attached hydrogen (secondary N) is 1. The van der Waals surface area contributed by atoms with Gasteiger partial charge in [0, 0.05) is 26.2 Å². The number of unbranched alkanes of at least 4 members (excludes halogenated alkanes) is 10. The summed E-state index contributed by atoms with van der Waals surface area (Å²) >= 11 is 0. The van der Waals surface area contributed by atoms with Gasteiger partial charge in [0.25, 0.3) is 5.91 Å². The number of hydrogen-bond acceptors (Lipinski definition) is 3. The molecule has 0 aliphatic heterocycles. The van der Waals surface area contributed by atoms with Gasteiger partial charge in [-0.3, -0.25) is 10.2 Å². The Bertz CT molecular complexity index is 342. The Morgan fingerprint density at radius 2 is 1.28 bits per heavy atom. The van der Waals surface area contributed by atoms with E-state index >= 15 is 0 Å². The van der Waals surface area contributed by atoms with Crippen LogP contribution in [-0.2, 0) is 4.79 Å². The van der Waals surface area contributed by atoms with Crippen LogP contribution >= 0.6 is 0 Å². The van der Waals surface area contributed by atoms with Gasteiger partial charge in [-0.05, 0) is 19.3 Å². The minimum Gasteiger partial charge on any atom is -0.271 e. The molecule has 0 aromatic heterocycles. The molecule has 0 unspecified atom stereocenters. The molecule has 0 bridgehead atoms. The number of carbonyl (C=O) groups is 1. The van der Waals surface area contributed by atoms with Crippen LogP contribution in [0, 0.1) is 0 Å². The van der Waals surface area contributed by atoms with Gasteiger partial charge in [-0.2, -0.15) is 5.12 Å². The minimum absolute atomic E-state index is 0.0470. The molecular weight excluding hydrogens is 310 g/mol. The SMILES string of the molecule is C=C(CCCC)C(=O)NN(CCCCCCCCCCCC)N(C)C. The van der Waals surface area contributed by atoms with Gasteiger partial charge >= 0.3 is 0 Å². The molecule has 0 atom stereocenters. The zero-order valence-electron chi connectivity index (χ0n) is 17.4. The van der Waals surface area contributed by atoms with Crippen LogP contribution in [0.4, 0.5) is 0 Å². The number of hydrazine groups is 2. The monoisotopic (exact) mass is 353 g/mol. The Hall–Kier alpha value is -0.870. The van der Waals surface area contributed by atoms with Gasteiger partial charge < -0.3 is 0 Å². The highest BCUT2D eigenvalue weighted by Crippen LogP contribution is 2.11. The van der Waals surface area contributed by atoms with E-state index in [1.54, 1.807) is 0 Å². The first-order chi connectivity index (χ1) is 12.0. The van der Waals surface area contributed by atoms with Crippen molar-refractivity contribution >= 4 is 5.91 Å². The van der Waals surface area contributed by atoms with Gasteiger partial charge in [0.2, 0.25) is 0 Å². The van der Waals surface area contributed by atoms with Crippen LogP contribution in [-0.4, -0.2) is 36.7 Å². The van der Waals surface area contributed by atoms with Crippen molar-refractivity contribution in [1.82, 2.24) is 15.6 Å². The highest BCUT2D eigenvalue weighted by molar-refractivity contribution is 5.92. The first kappa shape index (κ1) is 24.1. The van der Waals surface area contributed by atoms with E-state index in [9.17, 15) is 4.79 Å². The van der Waals surface area contributed by atoms with Crippen molar-refractivity contribution in [2.24, 2.45) is 0 Å². The fourth-order valence-electron chi connectivity index (χ4n) is 2.80. The van der Waals surface area contributed by atoms with E-state index < -0.39 is 0 Å². The van der Waals surface area contributed by atoms with Crippen molar-refractivity contribution in [3.05, 3.63) is 12.2 Å². The average molecular weight is 354 g/mol. The molecule has 0 heterocycles. The Balaban J connectivity index is 3.79. The molecule has 25 heavy (non-hydrogen) atoms. The summed E-state index contributed by atoms with van der Waals surface area (Å²) in [7, 11) is 3.93. The lowest BCUT2D eigenvalue weighted by Crippen LogP contribution is -2.50. The maximum absolute atomic E-state index is 12.2. The lowest BCUT2D eigenvalue weighted by Gasteiger charge is -2.29. The van der Waals surface area contributed by atoms with Crippen LogP contribution in [0.25, 0.3) is 0 Å². The summed E-state index contributed by atoms with van der Waals surface area (Å²) in [6, 6.07) is 0. The maximum Gasteiger partial charge on any atom is 0.261 e. The summed E-state index contributed by atoms with van der Waals surface area (Å²) in [5.41, 5.74) is 3.65. The molecule has 0 aliphatic carbocycles. The molecule has 0 saturated carbocycles. The third kappa shape index (κ3) is 14.0. The molecule has 1 N–H and O–H groups in total. The second-order valence-corrected chi connectivity index (χ2v) is 7.30. The fourth-order valence-corrected chi connectivity index (χ4v) is 2.80. The first-order valence-corrected chi connectivity index (χ1v) is 10.5. The number of amides is 1. The maximum atomic E-state index is 12.2. The summed E-state index contributed by atoms with van der Waals surface area (Å²) in [5.74, 6) is -0.0470. The van der Waals surface area contributed by atoms with Gasteiger partial charge in [-0.25, -0.2) is 5.01 Å². The van der Waals surface area contributed by atoms with Crippen LogP contribution in [0.1, 0.15) is 97.3 Å². The molecule has 4 heteroatoms. The Labute approximate surface area is 157 Å². The highest BCUT2D eigenvalue weighted by Gasteiger charge is 2.13. The van der Waals surface area contributed by atoms with Crippen LogP contribution in [0.15, 0.2) is 12.2 Å². The van der Waals surface area contributed by atoms with Gasteiger partial charge in [-0.15, -0.1) is 0 Å². The molecule has 0 saturated heterocycles. The van der Waals surface area contributed by atoms with Crippen molar-refractivity contribution in [2.75, 3.05) is 20.6 Å². The van der Waals surface area contributed by atoms with E-state index in [-0.39, 0.29) is 5.91 Å². The zero-order valence-corrected chi connectivity index (χ0v) is 17.4. The first-order valence-electron chi connectivity index (χ1n) is 10.5. The van der Waals surface area contributed by atoms with Crippen molar-refractivity contribution in [3.8, 4) is 0 Å². The van der Waals surface area contributed by atoms with Gasteiger partial charge in [-0.1, -0.05) is 84.6 Å². The van der Waals surface area contributed by atoms with Gasteiger partial charge in [0.05, 0.1) is 0 Å². The fraction of sp³-hybridized carbons (Fsp3) is 0.857. The summed E-state index contributed by atoms with van der Waals surface area (Å²) in [4.78, 5) is 12.2. The Morgan fingerprint density at radius 3 is 1.76 bits per heavy atom. The zero-order chi connectivity index (χ0) is 18.9. The minimum atomic E-state index is -0.0470. The third-order valence-corrected chi connectivity index (χ3v) is 4.59. The summed E-state index contributed by atoms with van der Waals surface area (Å²) in [5, 5.41) is 3.85. The third-order valence-electron chi connectivity index (χ3n) is 4.59. The molecule has 0 radical (unpaired) electrons. The number of carbonyl (C=O) groups excluding carboxylic acids is 1. The normalized spacial score (nSPS) is 11.3. The van der Waals surface area contributed by atoms with Crippen LogP contribution < -0.4 is 5.43 Å². The van der Waals surface area contributed by atoms with Crippen molar-refractivity contribution in [2.45, 2.75) is 97.3 Å². The molecule has 0 aromatic rings. The van der Waals surface area contributed by atoms with Crippen LogP contribution in [0.2, 0.25) is 0 Å². The second kappa shape index (κ2) is 16.6. The lowest BCUT2D eigenvalue weighted by atomic mass is 10.1. The lowest BCUT2D eigenvalue weighted by molar-refractivity contribution is -0.131. The van der Waals surface area contributed by atoms with Crippen LogP contribution in [0.5, 0.6) is 0 Å². The smallest absolute Gasteiger partial charge is 0.261 e. The second-order valence-electron chi connectivity index (χ2n) is 7.30. The molecule has 0 aliphatic rings. The van der Waals surface area contributed by atoms with E-state index in [1.165, 1.54) is 57.8 Å². The molecule has 0 fully saturated rings. The molecule has 1 amide bonds. The standard InChI is InChI=1S/C21H43N3O/c1-6-8-10-11-12-13-14-15-16-17-19-24(23(4)5)22-21(25)20(3)18-9-7-2/h3,6-19H2,1-2,4-5H3,(H,22,25). The van der Waals surface area contributed by atoms with Crippen LogP contribution in [0.3, 0.4) is 0 Å². The topological polar surface area (TPSA) is 35.6 Å². The highest BCUT2D eigenvalue weighted by atomic mass is 16.2. The average Bonchev–Trinajstić information content (AvgIpc) is 2.59. The van der Waals surface area contributed by atoms with E-state index in [2.05, 4.69) is 25.9 Å². The predicted molar refractivity (Wildman–Crippen MR) is 109 cm³/mol. The molecular formula is C21H43N3O. The number of rotatable bonds is 17. The summed E-state index contributed by atoms with van der Waals surface area (Å²) < 4.78 is 0. The van der Waals surface area contributed by atoms with E-state index in [0.29, 0.717) is 5.57 Å².